The van der Waals surface area contributed by atoms with E-state index in [1.54, 1.807) is 24.3 Å². The number of hydrogen-bond acceptors (Lipinski definition) is 2. The molecule has 132 valence electrons. The van der Waals surface area contributed by atoms with Crippen LogP contribution in [0.25, 0.3) is 11.0 Å². The second-order valence-corrected chi connectivity index (χ2v) is 6.45. The van der Waals surface area contributed by atoms with Gasteiger partial charge in [0.1, 0.15) is 12.2 Å². The van der Waals surface area contributed by atoms with E-state index in [2.05, 4.69) is 4.98 Å². The van der Waals surface area contributed by atoms with Crippen LogP contribution in [-0.2, 0) is 19.6 Å². The number of benzene rings is 2. The molecule has 0 aliphatic heterocycles. The van der Waals surface area contributed by atoms with E-state index in [4.69, 9.17) is 28.3 Å². The van der Waals surface area contributed by atoms with Crippen molar-refractivity contribution in [1.82, 2.24) is 9.55 Å². The van der Waals surface area contributed by atoms with Crippen LogP contribution in [0.15, 0.2) is 36.4 Å². The Morgan fingerprint density at radius 3 is 2.20 bits per heavy atom. The number of nitrogens with zero attached hydrogens (tertiary/aromatic N) is 2. The monoisotopic (exact) mass is 388 g/mol. The van der Waals surface area contributed by atoms with E-state index >= 15 is 0 Å². The minimum absolute atomic E-state index is 0.0955. The number of alkyl halides is 3. The summed E-state index contributed by atoms with van der Waals surface area (Å²) in [6.45, 7) is 0.104. The average molecular weight is 389 g/mol. The van der Waals surface area contributed by atoms with Crippen molar-refractivity contribution in [3.05, 3.63) is 63.4 Å². The Morgan fingerprint density at radius 2 is 1.60 bits per heavy atom. The molecule has 8 heteroatoms. The highest BCUT2D eigenvalue weighted by molar-refractivity contribution is 6.42. The van der Waals surface area contributed by atoms with Crippen molar-refractivity contribution in [2.45, 2.75) is 25.7 Å². The summed E-state index contributed by atoms with van der Waals surface area (Å²) in [5.41, 5.74) is 2.36. The van der Waals surface area contributed by atoms with Crippen LogP contribution in [0, 0.1) is 0 Å². The normalized spacial score (nSPS) is 12.1. The van der Waals surface area contributed by atoms with Gasteiger partial charge in [-0.2, -0.15) is 13.2 Å². The van der Waals surface area contributed by atoms with E-state index in [0.717, 1.165) is 11.1 Å². The molecule has 0 saturated carbocycles. The van der Waals surface area contributed by atoms with Gasteiger partial charge in [-0.05, 0) is 23.3 Å². The third-order valence-corrected chi connectivity index (χ3v) is 4.50. The fourth-order valence-electron chi connectivity index (χ4n) is 2.59. The molecule has 0 spiro atoms. The van der Waals surface area contributed by atoms with Gasteiger partial charge in [0.05, 0.1) is 27.7 Å². The van der Waals surface area contributed by atoms with Gasteiger partial charge in [0.25, 0.3) is 0 Å². The van der Waals surface area contributed by atoms with Crippen molar-refractivity contribution in [3.63, 3.8) is 0 Å². The van der Waals surface area contributed by atoms with Crippen molar-refractivity contribution in [2.24, 2.45) is 0 Å². The minimum atomic E-state index is -4.38. The minimum Gasteiger partial charge on any atom is -0.392 e. The molecule has 0 atom stereocenters. The van der Waals surface area contributed by atoms with Crippen LogP contribution in [0.3, 0.4) is 0 Å². The fraction of sp³-hybridized carbons (Fsp3) is 0.235. The Bertz CT molecular complexity index is 905. The Morgan fingerprint density at radius 1 is 1.00 bits per heavy atom. The van der Waals surface area contributed by atoms with E-state index in [1.807, 2.05) is 0 Å². The summed E-state index contributed by atoms with van der Waals surface area (Å²) < 4.78 is 40.2. The maximum Gasteiger partial charge on any atom is 0.396 e. The topological polar surface area (TPSA) is 38.0 Å². The van der Waals surface area contributed by atoms with Crippen molar-refractivity contribution >= 4 is 34.2 Å². The van der Waals surface area contributed by atoms with Gasteiger partial charge in [0, 0.05) is 6.54 Å². The maximum absolute atomic E-state index is 12.9. The molecule has 3 nitrogen and oxygen atoms in total. The predicted molar refractivity (Wildman–Crippen MR) is 91.0 cm³/mol. The second-order valence-electron chi connectivity index (χ2n) is 5.64. The molecule has 1 heterocycles. The zero-order chi connectivity index (χ0) is 18.2. The highest BCUT2D eigenvalue weighted by Crippen LogP contribution is 2.31. The molecular formula is C17H13Cl2F3N2O. The van der Waals surface area contributed by atoms with Crippen LogP contribution in [0.2, 0.25) is 10.0 Å². The molecule has 0 unspecified atom stereocenters. The molecule has 0 aliphatic rings. The highest BCUT2D eigenvalue weighted by Gasteiger charge is 2.31. The van der Waals surface area contributed by atoms with Crippen LogP contribution in [-0.4, -0.2) is 20.8 Å². The number of aliphatic hydroxyl groups is 1. The number of rotatable bonds is 4. The van der Waals surface area contributed by atoms with E-state index in [0.29, 0.717) is 11.0 Å². The highest BCUT2D eigenvalue weighted by atomic mass is 35.5. The van der Waals surface area contributed by atoms with Gasteiger partial charge in [-0.3, -0.25) is 0 Å². The Hall–Kier alpha value is -1.76. The smallest absolute Gasteiger partial charge is 0.392 e. The van der Waals surface area contributed by atoms with Gasteiger partial charge >= 0.3 is 6.18 Å². The van der Waals surface area contributed by atoms with Gasteiger partial charge in [-0.25, -0.2) is 4.98 Å². The molecule has 1 aromatic heterocycles. The first-order valence-corrected chi connectivity index (χ1v) is 8.12. The molecule has 0 aliphatic carbocycles. The molecule has 0 saturated heterocycles. The fourth-order valence-corrected chi connectivity index (χ4v) is 2.91. The first kappa shape index (κ1) is 18.0. The third kappa shape index (κ3) is 4.08. The zero-order valence-electron chi connectivity index (χ0n) is 12.8. The van der Waals surface area contributed by atoms with Crippen LogP contribution < -0.4 is 0 Å². The molecule has 0 bridgehead atoms. The number of hydrogen-bond donors (Lipinski definition) is 1. The standard InChI is InChI=1S/C17H13Cl2F3N2O/c18-12-5-14-15(6-13(12)19)24(16(23-14)7-17(20,21)22)8-10-1-3-11(9-25)4-2-10/h1-6,25H,7-9H2. The average Bonchev–Trinajstić information content (AvgIpc) is 2.83. The van der Waals surface area contributed by atoms with E-state index in [1.165, 1.54) is 16.7 Å². The van der Waals surface area contributed by atoms with Crippen LogP contribution in [0.1, 0.15) is 17.0 Å². The van der Waals surface area contributed by atoms with Crippen LogP contribution in [0.4, 0.5) is 13.2 Å². The van der Waals surface area contributed by atoms with Gasteiger partial charge in [-0.1, -0.05) is 47.5 Å². The molecule has 2 aromatic carbocycles. The molecule has 3 rings (SSSR count). The Balaban J connectivity index is 2.08. The van der Waals surface area contributed by atoms with Crippen molar-refractivity contribution in [2.75, 3.05) is 0 Å². The van der Waals surface area contributed by atoms with Gasteiger partial charge < -0.3 is 9.67 Å². The van der Waals surface area contributed by atoms with E-state index in [9.17, 15) is 13.2 Å². The number of fused-ring (bicyclic) bond motifs is 1. The molecule has 0 amide bonds. The maximum atomic E-state index is 12.9. The molecule has 0 fully saturated rings. The lowest BCUT2D eigenvalue weighted by molar-refractivity contribution is -0.128. The lowest BCUT2D eigenvalue weighted by atomic mass is 10.1. The lowest BCUT2D eigenvalue weighted by Crippen LogP contribution is -2.16. The summed E-state index contributed by atoms with van der Waals surface area (Å²) >= 11 is 12.0. The molecule has 0 radical (unpaired) electrons. The van der Waals surface area contributed by atoms with Crippen LogP contribution >= 0.6 is 23.2 Å². The van der Waals surface area contributed by atoms with E-state index < -0.39 is 12.6 Å². The summed E-state index contributed by atoms with van der Waals surface area (Å²) in [5.74, 6) is -0.105. The quantitative estimate of drug-likeness (QED) is 0.683. The van der Waals surface area contributed by atoms with Crippen molar-refractivity contribution < 1.29 is 18.3 Å². The number of aliphatic hydroxyl groups excluding tert-OH is 1. The molecule has 1 N–H and O–H groups in total. The van der Waals surface area contributed by atoms with Crippen LogP contribution in [0.5, 0.6) is 0 Å². The summed E-state index contributed by atoms with van der Waals surface area (Å²) in [4.78, 5) is 4.09. The lowest BCUT2D eigenvalue weighted by Gasteiger charge is -2.12. The summed E-state index contributed by atoms with van der Waals surface area (Å²) in [6.07, 6.45) is -5.53. The first-order valence-electron chi connectivity index (χ1n) is 7.36. The van der Waals surface area contributed by atoms with Crippen molar-refractivity contribution in [1.29, 1.82) is 0 Å². The predicted octanol–water partition coefficient (Wildman–Crippen LogP) is 4.99. The first-order chi connectivity index (χ1) is 11.8. The van der Waals surface area contributed by atoms with Crippen molar-refractivity contribution in [3.8, 4) is 0 Å². The molecule has 25 heavy (non-hydrogen) atoms. The SMILES string of the molecule is OCc1ccc(Cn2c(CC(F)(F)F)nc3cc(Cl)c(Cl)cc32)cc1. The summed E-state index contributed by atoms with van der Waals surface area (Å²) in [7, 11) is 0. The number of imidazole rings is 1. The Kier molecular flexibility index (Phi) is 4.95. The van der Waals surface area contributed by atoms with Gasteiger partial charge in [0.15, 0.2) is 0 Å². The number of aromatic nitrogens is 2. The summed E-state index contributed by atoms with van der Waals surface area (Å²) in [5, 5.41) is 9.58. The molecule has 3 aromatic rings. The third-order valence-electron chi connectivity index (χ3n) is 3.77. The molecular weight excluding hydrogens is 376 g/mol. The number of halogens is 5. The zero-order valence-corrected chi connectivity index (χ0v) is 14.3. The Labute approximate surface area is 151 Å². The van der Waals surface area contributed by atoms with E-state index in [-0.39, 0.29) is 29.0 Å². The van der Waals surface area contributed by atoms with Gasteiger partial charge in [0.2, 0.25) is 0 Å². The largest absolute Gasteiger partial charge is 0.396 e. The summed E-state index contributed by atoms with van der Waals surface area (Å²) in [6, 6.07) is 9.95. The second kappa shape index (κ2) is 6.86. The van der Waals surface area contributed by atoms with Gasteiger partial charge in [-0.15, -0.1) is 0 Å².